The van der Waals surface area contributed by atoms with Crippen molar-refractivity contribution in [1.82, 2.24) is 19.4 Å². The number of aromatic nitrogens is 3. The second-order valence-corrected chi connectivity index (χ2v) is 4.43. The number of carbonyl (C=O) groups excluding carboxylic acids is 1. The average Bonchev–Trinajstić information content (AvgIpc) is 2.92. The number of nitrogens with zero attached hydrogens (tertiary/aromatic N) is 3. The van der Waals surface area contributed by atoms with Gasteiger partial charge in [0.15, 0.2) is 0 Å². The molecule has 7 nitrogen and oxygen atoms in total. The number of hydrogen-bond acceptors (Lipinski definition) is 4. The van der Waals surface area contributed by atoms with Gasteiger partial charge in [0, 0.05) is 43.4 Å². The zero-order valence-corrected chi connectivity index (χ0v) is 11.0. The highest BCUT2D eigenvalue weighted by Gasteiger charge is 2.04. The largest absolute Gasteiger partial charge is 0.398 e. The van der Waals surface area contributed by atoms with Crippen LogP contribution in [-0.4, -0.2) is 26.6 Å². The van der Waals surface area contributed by atoms with Crippen molar-refractivity contribution < 1.29 is 4.79 Å². The molecule has 3 N–H and O–H groups in total. The van der Waals surface area contributed by atoms with Gasteiger partial charge in [0.2, 0.25) is 5.91 Å². The van der Waals surface area contributed by atoms with E-state index in [1.165, 1.54) is 22.9 Å². The Morgan fingerprint density at radius 2 is 2.25 bits per heavy atom. The first-order chi connectivity index (χ1) is 9.65. The summed E-state index contributed by atoms with van der Waals surface area (Å²) < 4.78 is 3.23. The monoisotopic (exact) mass is 275 g/mol. The first kappa shape index (κ1) is 13.9. The van der Waals surface area contributed by atoms with Crippen LogP contribution in [-0.2, 0) is 17.9 Å². The van der Waals surface area contributed by atoms with Crippen LogP contribution in [0.4, 0.5) is 5.69 Å². The molecule has 2 rings (SSSR count). The zero-order chi connectivity index (χ0) is 14.4. The fraction of sp³-hybridized carbons (Fsp3) is 0.308. The first-order valence-electron chi connectivity index (χ1n) is 6.33. The van der Waals surface area contributed by atoms with Crippen LogP contribution in [0.25, 0.3) is 0 Å². The zero-order valence-electron chi connectivity index (χ0n) is 11.0. The minimum atomic E-state index is -0.243. The van der Waals surface area contributed by atoms with Gasteiger partial charge in [-0.15, -0.1) is 0 Å². The Bertz CT molecular complexity index is 618. The van der Waals surface area contributed by atoms with Crippen molar-refractivity contribution in [2.45, 2.75) is 19.5 Å². The molecule has 2 aromatic heterocycles. The molecular weight excluding hydrogens is 258 g/mol. The van der Waals surface area contributed by atoms with Gasteiger partial charge in [-0.3, -0.25) is 9.59 Å². The van der Waals surface area contributed by atoms with Gasteiger partial charge < -0.3 is 20.2 Å². The highest BCUT2D eigenvalue weighted by Crippen LogP contribution is 1.95. The fourth-order valence-electron chi connectivity index (χ4n) is 1.79. The van der Waals surface area contributed by atoms with Crippen LogP contribution in [0.1, 0.15) is 6.42 Å². The van der Waals surface area contributed by atoms with E-state index in [-0.39, 0.29) is 18.0 Å². The summed E-state index contributed by atoms with van der Waals surface area (Å²) in [6.07, 6.45) is 7.58. The lowest BCUT2D eigenvalue weighted by atomic mass is 10.4. The number of imidazole rings is 1. The van der Waals surface area contributed by atoms with Crippen molar-refractivity contribution in [3.05, 3.63) is 47.4 Å². The normalized spacial score (nSPS) is 10.4. The summed E-state index contributed by atoms with van der Waals surface area (Å²) in [4.78, 5) is 27.2. The van der Waals surface area contributed by atoms with Gasteiger partial charge in [-0.1, -0.05) is 0 Å². The van der Waals surface area contributed by atoms with Crippen molar-refractivity contribution in [1.29, 1.82) is 0 Å². The Kier molecular flexibility index (Phi) is 4.54. The minimum Gasteiger partial charge on any atom is -0.398 e. The first-order valence-corrected chi connectivity index (χ1v) is 6.33. The number of rotatable bonds is 6. The van der Waals surface area contributed by atoms with Gasteiger partial charge in [0.1, 0.15) is 6.54 Å². The molecule has 0 atom stereocenters. The molecule has 0 bridgehead atoms. The van der Waals surface area contributed by atoms with E-state index in [1.807, 2.05) is 10.8 Å². The summed E-state index contributed by atoms with van der Waals surface area (Å²) in [5.74, 6) is -0.205. The van der Waals surface area contributed by atoms with E-state index in [0.29, 0.717) is 12.2 Å². The predicted molar refractivity (Wildman–Crippen MR) is 75.0 cm³/mol. The van der Waals surface area contributed by atoms with Gasteiger partial charge in [-0.25, -0.2) is 4.98 Å². The Balaban J connectivity index is 1.75. The lowest BCUT2D eigenvalue weighted by molar-refractivity contribution is -0.121. The summed E-state index contributed by atoms with van der Waals surface area (Å²) in [7, 11) is 0. The standard InChI is InChI=1S/C13H17N5O2/c14-11-2-3-13(20)18(8-11)9-12(19)16-4-1-6-17-7-5-15-10-17/h2-3,5,7-8,10H,1,4,6,9,14H2,(H,16,19). The van der Waals surface area contributed by atoms with Gasteiger partial charge in [0.05, 0.1) is 6.33 Å². The molecule has 0 aliphatic rings. The van der Waals surface area contributed by atoms with Gasteiger partial charge in [-0.05, 0) is 12.5 Å². The number of hydrogen-bond donors (Lipinski definition) is 2. The van der Waals surface area contributed by atoms with E-state index in [1.54, 1.807) is 12.5 Å². The highest BCUT2D eigenvalue weighted by atomic mass is 16.2. The number of carbonyl (C=O) groups is 1. The van der Waals surface area contributed by atoms with Crippen molar-refractivity contribution in [3.63, 3.8) is 0 Å². The molecule has 0 aliphatic heterocycles. The van der Waals surface area contributed by atoms with E-state index in [4.69, 9.17) is 5.73 Å². The summed E-state index contributed by atoms with van der Waals surface area (Å²) in [5, 5.41) is 2.77. The molecule has 1 amide bonds. The third kappa shape index (κ3) is 3.98. The molecular formula is C13H17N5O2. The molecule has 2 aromatic rings. The lowest BCUT2D eigenvalue weighted by Gasteiger charge is -2.08. The highest BCUT2D eigenvalue weighted by molar-refractivity contribution is 5.75. The van der Waals surface area contributed by atoms with Crippen LogP contribution in [0.15, 0.2) is 41.8 Å². The van der Waals surface area contributed by atoms with Crippen LogP contribution < -0.4 is 16.6 Å². The molecule has 0 spiro atoms. The van der Waals surface area contributed by atoms with E-state index in [9.17, 15) is 9.59 Å². The fourth-order valence-corrected chi connectivity index (χ4v) is 1.79. The summed E-state index contributed by atoms with van der Waals surface area (Å²) in [6, 6.07) is 2.86. The lowest BCUT2D eigenvalue weighted by Crippen LogP contribution is -2.32. The second kappa shape index (κ2) is 6.55. The molecule has 0 saturated carbocycles. The van der Waals surface area contributed by atoms with Crippen LogP contribution in [0.3, 0.4) is 0 Å². The van der Waals surface area contributed by atoms with E-state index in [2.05, 4.69) is 10.3 Å². The summed E-state index contributed by atoms with van der Waals surface area (Å²) in [5.41, 5.74) is 5.79. The summed E-state index contributed by atoms with van der Waals surface area (Å²) >= 11 is 0. The van der Waals surface area contributed by atoms with Crippen molar-refractivity contribution in [3.8, 4) is 0 Å². The Morgan fingerprint density at radius 3 is 3.00 bits per heavy atom. The van der Waals surface area contributed by atoms with Crippen molar-refractivity contribution >= 4 is 11.6 Å². The Morgan fingerprint density at radius 1 is 1.40 bits per heavy atom. The van der Waals surface area contributed by atoms with Crippen molar-refractivity contribution in [2.75, 3.05) is 12.3 Å². The molecule has 0 aliphatic carbocycles. The van der Waals surface area contributed by atoms with E-state index < -0.39 is 0 Å². The topological polar surface area (TPSA) is 94.9 Å². The number of nitrogens with two attached hydrogens (primary N) is 1. The average molecular weight is 275 g/mol. The maximum Gasteiger partial charge on any atom is 0.251 e. The smallest absolute Gasteiger partial charge is 0.251 e. The third-order valence-corrected chi connectivity index (χ3v) is 2.79. The van der Waals surface area contributed by atoms with E-state index >= 15 is 0 Å². The number of nitrogens with one attached hydrogen (secondary N) is 1. The molecule has 0 fully saturated rings. The molecule has 20 heavy (non-hydrogen) atoms. The number of anilines is 1. The predicted octanol–water partition coefficient (Wildman–Crippen LogP) is -0.167. The molecule has 0 unspecified atom stereocenters. The van der Waals surface area contributed by atoms with Gasteiger partial charge >= 0.3 is 0 Å². The summed E-state index contributed by atoms with van der Waals surface area (Å²) in [6.45, 7) is 1.32. The van der Waals surface area contributed by atoms with Crippen molar-refractivity contribution in [2.24, 2.45) is 0 Å². The molecule has 7 heteroatoms. The van der Waals surface area contributed by atoms with Gasteiger partial charge in [-0.2, -0.15) is 0 Å². The van der Waals surface area contributed by atoms with Crippen LogP contribution in [0.5, 0.6) is 0 Å². The molecule has 0 saturated heterocycles. The van der Waals surface area contributed by atoms with Crippen LogP contribution in [0.2, 0.25) is 0 Å². The van der Waals surface area contributed by atoms with Gasteiger partial charge in [0.25, 0.3) is 5.56 Å². The third-order valence-electron chi connectivity index (χ3n) is 2.79. The number of pyridine rings is 1. The molecule has 0 aromatic carbocycles. The van der Waals surface area contributed by atoms with Crippen LogP contribution in [0, 0.1) is 0 Å². The maximum absolute atomic E-state index is 11.7. The SMILES string of the molecule is Nc1ccc(=O)n(CC(=O)NCCCn2ccnc2)c1. The van der Waals surface area contributed by atoms with Crippen LogP contribution >= 0.6 is 0 Å². The Hall–Kier alpha value is -2.57. The molecule has 106 valence electrons. The Labute approximate surface area is 116 Å². The number of nitrogen functional groups attached to an aromatic ring is 1. The quantitative estimate of drug-likeness (QED) is 0.716. The molecule has 0 radical (unpaired) electrons. The molecule has 2 heterocycles. The minimum absolute atomic E-state index is 0.0189. The number of aryl methyl sites for hydroxylation is 1. The second-order valence-electron chi connectivity index (χ2n) is 4.43. The van der Waals surface area contributed by atoms with E-state index in [0.717, 1.165) is 13.0 Å². The maximum atomic E-state index is 11.7. The number of amides is 1.